The largest absolute Gasteiger partial charge is 0.388 e. The molecule has 6 nitrogen and oxygen atoms in total. The van der Waals surface area contributed by atoms with Crippen molar-refractivity contribution in [1.82, 2.24) is 0 Å². The number of aliphatic hydroxyl groups is 1. The van der Waals surface area contributed by atoms with Crippen molar-refractivity contribution in [2.45, 2.75) is 43.7 Å². The monoisotopic (exact) mass is 316 g/mol. The van der Waals surface area contributed by atoms with Crippen LogP contribution < -0.4 is 0 Å². The minimum absolute atomic E-state index is 0.0595. The smallest absolute Gasteiger partial charge is 0.297 e. The molecule has 118 valence electrons. The second kappa shape index (κ2) is 6.02. The highest BCUT2D eigenvalue weighted by atomic mass is 32.2. The van der Waals surface area contributed by atoms with Gasteiger partial charge in [0.1, 0.15) is 12.2 Å². The van der Waals surface area contributed by atoms with Gasteiger partial charge in [-0.1, -0.05) is 17.7 Å². The molecule has 1 aromatic rings. The summed E-state index contributed by atoms with van der Waals surface area (Å²) in [5, 5.41) is 9.94. The van der Waals surface area contributed by atoms with Crippen LogP contribution >= 0.6 is 0 Å². The van der Waals surface area contributed by atoms with Crippen molar-refractivity contribution in [3.8, 4) is 0 Å². The number of hydrogen-bond acceptors (Lipinski definition) is 6. The summed E-state index contributed by atoms with van der Waals surface area (Å²) in [5.74, 6) is -0.776. The Kier molecular flexibility index (Phi) is 4.69. The molecular weight excluding hydrogens is 296 g/mol. The van der Waals surface area contributed by atoms with Gasteiger partial charge in [0.05, 0.1) is 18.1 Å². The number of aliphatic hydroxyl groups excluding tert-OH is 1. The lowest BCUT2D eigenvalue weighted by molar-refractivity contribution is -0.152. The minimum Gasteiger partial charge on any atom is -0.388 e. The van der Waals surface area contributed by atoms with Crippen molar-refractivity contribution in [2.75, 3.05) is 13.2 Å². The van der Waals surface area contributed by atoms with Gasteiger partial charge in [0.25, 0.3) is 10.1 Å². The van der Waals surface area contributed by atoms with Crippen molar-refractivity contribution < 1.29 is 27.2 Å². The van der Waals surface area contributed by atoms with Gasteiger partial charge in [0, 0.05) is 0 Å². The predicted molar refractivity (Wildman–Crippen MR) is 75.2 cm³/mol. The zero-order valence-electron chi connectivity index (χ0n) is 12.3. The molecule has 0 amide bonds. The van der Waals surface area contributed by atoms with Crippen LogP contribution in [0.25, 0.3) is 0 Å². The molecule has 0 aromatic heterocycles. The molecule has 0 unspecified atom stereocenters. The van der Waals surface area contributed by atoms with E-state index in [0.29, 0.717) is 0 Å². The van der Waals surface area contributed by atoms with Gasteiger partial charge in [-0.2, -0.15) is 8.42 Å². The Morgan fingerprint density at radius 2 is 2.00 bits per heavy atom. The molecular formula is C14H20O6S. The third-order valence-corrected chi connectivity index (χ3v) is 4.46. The van der Waals surface area contributed by atoms with Crippen LogP contribution in [0.3, 0.4) is 0 Å². The molecule has 0 bridgehead atoms. The van der Waals surface area contributed by atoms with Gasteiger partial charge < -0.3 is 14.6 Å². The van der Waals surface area contributed by atoms with Gasteiger partial charge in [-0.05, 0) is 32.9 Å². The number of ether oxygens (including phenoxy) is 2. The Morgan fingerprint density at radius 3 is 2.52 bits per heavy atom. The molecule has 0 saturated carbocycles. The molecule has 21 heavy (non-hydrogen) atoms. The van der Waals surface area contributed by atoms with E-state index in [0.717, 1.165) is 5.56 Å². The normalized spacial score (nSPS) is 23.1. The molecule has 1 heterocycles. The van der Waals surface area contributed by atoms with Crippen molar-refractivity contribution in [3.05, 3.63) is 29.8 Å². The zero-order chi connectivity index (χ0) is 15.7. The lowest BCUT2D eigenvalue weighted by atomic mass is 10.2. The van der Waals surface area contributed by atoms with Gasteiger partial charge in [-0.3, -0.25) is 4.18 Å². The summed E-state index contributed by atoms with van der Waals surface area (Å²) >= 11 is 0. The summed E-state index contributed by atoms with van der Waals surface area (Å²) in [4.78, 5) is 0.0595. The Bertz CT molecular complexity index is 578. The Hall–Kier alpha value is -0.990. The number of rotatable bonds is 5. The van der Waals surface area contributed by atoms with E-state index in [1.165, 1.54) is 12.1 Å². The van der Waals surface area contributed by atoms with Crippen molar-refractivity contribution in [2.24, 2.45) is 0 Å². The summed E-state index contributed by atoms with van der Waals surface area (Å²) in [6.07, 6.45) is -1.68. The van der Waals surface area contributed by atoms with Crippen LogP contribution in [0.2, 0.25) is 0 Å². The number of aryl methyl sites for hydroxylation is 1. The maximum Gasteiger partial charge on any atom is 0.297 e. The molecule has 1 N–H and O–H groups in total. The molecule has 1 aliphatic heterocycles. The Labute approximate surface area is 124 Å². The minimum atomic E-state index is -3.89. The lowest BCUT2D eigenvalue weighted by Gasteiger charge is -2.20. The van der Waals surface area contributed by atoms with Crippen LogP contribution in [0.15, 0.2) is 29.2 Å². The van der Waals surface area contributed by atoms with Crippen molar-refractivity contribution in [1.29, 1.82) is 0 Å². The fourth-order valence-corrected chi connectivity index (χ4v) is 2.87. The molecule has 0 radical (unpaired) electrons. The third kappa shape index (κ3) is 4.24. The summed E-state index contributed by atoms with van der Waals surface area (Å²) in [5.41, 5.74) is 0.952. The van der Waals surface area contributed by atoms with E-state index in [1.807, 2.05) is 6.92 Å². The average molecular weight is 316 g/mol. The molecule has 0 spiro atoms. The number of hydrogen-bond donors (Lipinski definition) is 1. The van der Waals surface area contributed by atoms with Crippen LogP contribution in [0, 0.1) is 6.92 Å². The highest BCUT2D eigenvalue weighted by Gasteiger charge is 2.37. The van der Waals surface area contributed by atoms with Crippen LogP contribution in [0.5, 0.6) is 0 Å². The molecule has 7 heteroatoms. The van der Waals surface area contributed by atoms with Crippen LogP contribution in [0.4, 0.5) is 0 Å². The fraction of sp³-hybridized carbons (Fsp3) is 0.571. The van der Waals surface area contributed by atoms with Crippen molar-refractivity contribution >= 4 is 10.1 Å². The first-order valence-corrected chi connectivity index (χ1v) is 8.06. The predicted octanol–water partition coefficient (Wildman–Crippen LogP) is 1.21. The second-order valence-electron chi connectivity index (χ2n) is 5.49. The number of benzene rings is 1. The van der Waals surface area contributed by atoms with E-state index in [1.54, 1.807) is 26.0 Å². The van der Waals surface area contributed by atoms with E-state index >= 15 is 0 Å². The standard InChI is InChI=1S/C14H20O6S/c1-10-4-6-11(7-5-10)21(16,17)19-8-12(15)13-9-18-14(2,3)20-13/h4-7,12-13,15H,8-9H2,1-3H3/t12-,13-/m0/s1. The summed E-state index contributed by atoms with van der Waals surface area (Å²) in [6, 6.07) is 6.30. The molecule has 2 rings (SSSR count). The van der Waals surface area contributed by atoms with E-state index in [4.69, 9.17) is 13.7 Å². The third-order valence-electron chi connectivity index (χ3n) is 3.16. The van der Waals surface area contributed by atoms with Crippen LogP contribution in [-0.2, 0) is 23.8 Å². The van der Waals surface area contributed by atoms with Crippen molar-refractivity contribution in [3.63, 3.8) is 0 Å². The highest BCUT2D eigenvalue weighted by molar-refractivity contribution is 7.86. The maximum absolute atomic E-state index is 12.0. The van der Waals surface area contributed by atoms with E-state index < -0.39 is 28.1 Å². The molecule has 1 aliphatic rings. The van der Waals surface area contributed by atoms with E-state index in [9.17, 15) is 13.5 Å². The average Bonchev–Trinajstić information content (AvgIpc) is 2.77. The molecule has 2 atom stereocenters. The summed E-state index contributed by atoms with van der Waals surface area (Å²) < 4.78 is 39.6. The Morgan fingerprint density at radius 1 is 1.38 bits per heavy atom. The van der Waals surface area contributed by atoms with Gasteiger partial charge in [0.2, 0.25) is 0 Å². The lowest BCUT2D eigenvalue weighted by Crippen LogP contribution is -2.34. The van der Waals surface area contributed by atoms with Gasteiger partial charge in [0.15, 0.2) is 5.79 Å². The maximum atomic E-state index is 12.0. The van der Waals surface area contributed by atoms with Gasteiger partial charge in [-0.15, -0.1) is 0 Å². The van der Waals surface area contributed by atoms with E-state index in [2.05, 4.69) is 0 Å². The summed E-state index contributed by atoms with van der Waals surface area (Å²) in [7, 11) is -3.89. The SMILES string of the molecule is Cc1ccc(S(=O)(=O)OC[C@H](O)[C@@H]2COC(C)(C)O2)cc1. The topological polar surface area (TPSA) is 82.1 Å². The molecule has 0 aliphatic carbocycles. The van der Waals surface area contributed by atoms with E-state index in [-0.39, 0.29) is 18.1 Å². The first kappa shape index (κ1) is 16.4. The highest BCUT2D eigenvalue weighted by Crippen LogP contribution is 2.24. The first-order valence-electron chi connectivity index (χ1n) is 6.65. The molecule has 1 saturated heterocycles. The molecule has 1 fully saturated rings. The molecule has 1 aromatic carbocycles. The second-order valence-corrected chi connectivity index (χ2v) is 7.10. The zero-order valence-corrected chi connectivity index (χ0v) is 13.1. The van der Waals surface area contributed by atoms with Gasteiger partial charge in [-0.25, -0.2) is 0 Å². The fourth-order valence-electron chi connectivity index (χ4n) is 1.94. The summed E-state index contributed by atoms with van der Waals surface area (Å²) in [6.45, 7) is 5.13. The first-order chi connectivity index (χ1) is 9.70. The van der Waals surface area contributed by atoms with Gasteiger partial charge >= 0.3 is 0 Å². The quantitative estimate of drug-likeness (QED) is 0.822. The van der Waals surface area contributed by atoms with Crippen LogP contribution in [0.1, 0.15) is 19.4 Å². The van der Waals surface area contributed by atoms with Crippen LogP contribution in [-0.4, -0.2) is 44.7 Å². The Balaban J connectivity index is 1.94.